The zero-order valence-corrected chi connectivity index (χ0v) is 59.3. The first kappa shape index (κ1) is 64.9. The molecule has 0 aliphatic heterocycles. The molecule has 5 heteroatoms. The van der Waals surface area contributed by atoms with Crippen LogP contribution in [0, 0.1) is 13.8 Å². The Morgan fingerprint density at radius 2 is 0.381 bits per heavy atom. The normalized spacial score (nSPS) is 11.2. The van der Waals surface area contributed by atoms with Crippen LogP contribution in [0.4, 0.5) is 0 Å². The van der Waals surface area contributed by atoms with E-state index in [1.165, 1.54) is 171 Å². The Morgan fingerprint density at radius 3 is 0.762 bits per heavy atom. The summed E-state index contributed by atoms with van der Waals surface area (Å²) < 4.78 is 11.6. The lowest BCUT2D eigenvalue weighted by Crippen LogP contribution is -1.92. The van der Waals surface area contributed by atoms with E-state index < -0.39 is 0 Å². The molecular formula is C100H77N5. The number of rotatable bonds is 6. The predicted octanol–water partition coefficient (Wildman–Crippen LogP) is 26.6. The maximum absolute atomic E-state index is 2.35. The van der Waals surface area contributed by atoms with E-state index in [4.69, 9.17) is 0 Å². The number of benzene rings is 16. The van der Waals surface area contributed by atoms with Crippen molar-refractivity contribution in [2.24, 2.45) is 14.1 Å². The van der Waals surface area contributed by atoms with Gasteiger partial charge in [0.1, 0.15) is 0 Å². The zero-order chi connectivity index (χ0) is 70.7. The quantitative estimate of drug-likeness (QED) is 0.159. The Balaban J connectivity index is 0.0000000981. The number of aryl methyl sites for hydroxylation is 4. The maximum Gasteiger partial charge on any atom is 0.0543 e. The van der Waals surface area contributed by atoms with Gasteiger partial charge in [0.25, 0.3) is 0 Å². The number of para-hydroxylation sites is 8. The van der Waals surface area contributed by atoms with Crippen LogP contribution in [0.15, 0.2) is 394 Å². The van der Waals surface area contributed by atoms with Gasteiger partial charge in [-0.25, -0.2) is 0 Å². The lowest BCUT2D eigenvalue weighted by molar-refractivity contribution is 1.01. The Bertz CT molecular complexity index is 6500. The molecule has 0 spiro atoms. The van der Waals surface area contributed by atoms with Crippen LogP contribution in [0.3, 0.4) is 0 Å². The van der Waals surface area contributed by atoms with Crippen molar-refractivity contribution in [2.45, 2.75) is 13.8 Å². The number of fused-ring (bicyclic) bond motifs is 15. The third-order valence-corrected chi connectivity index (χ3v) is 20.5. The van der Waals surface area contributed by atoms with Crippen LogP contribution < -0.4 is 0 Å². The van der Waals surface area contributed by atoms with Crippen LogP contribution in [0.2, 0.25) is 0 Å². The summed E-state index contributed by atoms with van der Waals surface area (Å²) in [5.74, 6) is 0. The smallest absolute Gasteiger partial charge is 0.0543 e. The minimum Gasteiger partial charge on any atom is -0.344 e. The SMILES string of the molecule is Cc1ccc2c(c1)c1ccccc1n2-c1ccccc1.Cc1ccc2c3ccccc3n(-c3ccccc3)c2c1.Cn1c2ccc(-c3ccccc3)cc2c2cc(-c3ccccc3)ccc21.Cn1c2ccccc2c2ccccc21.c1ccc(-c2ccc3c(c2)c2ccccc2n3-c2ccccc2)cc1. The van der Waals surface area contributed by atoms with Gasteiger partial charge >= 0.3 is 0 Å². The van der Waals surface area contributed by atoms with Gasteiger partial charge in [-0.05, 0) is 174 Å². The molecule has 0 atom stereocenters. The number of aromatic nitrogens is 5. The number of nitrogens with zero attached hydrogens (tertiary/aromatic N) is 5. The molecule has 0 aliphatic rings. The van der Waals surface area contributed by atoms with Crippen LogP contribution in [0.1, 0.15) is 11.1 Å². The third kappa shape index (κ3) is 12.5. The van der Waals surface area contributed by atoms with Crippen LogP contribution in [0.5, 0.6) is 0 Å². The lowest BCUT2D eigenvalue weighted by atomic mass is 10.0. The Hall–Kier alpha value is -13.5. The van der Waals surface area contributed by atoms with Gasteiger partial charge in [-0.3, -0.25) is 0 Å². The summed E-state index contributed by atoms with van der Waals surface area (Å²) in [5, 5.41) is 13.1. The molecule has 0 unspecified atom stereocenters. The molecule has 21 rings (SSSR count). The van der Waals surface area contributed by atoms with Crippen molar-refractivity contribution in [3.8, 4) is 50.4 Å². The van der Waals surface area contributed by atoms with Gasteiger partial charge in [0.05, 0.1) is 33.1 Å². The minimum atomic E-state index is 1.20. The van der Waals surface area contributed by atoms with Crippen molar-refractivity contribution < 1.29 is 0 Å². The van der Waals surface area contributed by atoms with E-state index in [-0.39, 0.29) is 0 Å². The van der Waals surface area contributed by atoms with E-state index >= 15 is 0 Å². The predicted molar refractivity (Wildman–Crippen MR) is 449 cm³/mol. The van der Waals surface area contributed by atoms with E-state index in [0.717, 1.165) is 0 Å². The first-order chi connectivity index (χ1) is 51.8. The van der Waals surface area contributed by atoms with Crippen LogP contribution >= 0.6 is 0 Å². The average Bonchev–Trinajstić information content (AvgIpc) is 1.62. The molecule has 0 saturated heterocycles. The van der Waals surface area contributed by atoms with Crippen molar-refractivity contribution in [1.82, 2.24) is 22.8 Å². The fraction of sp³-hybridized carbons (Fsp3) is 0.0400. The van der Waals surface area contributed by atoms with Gasteiger partial charge in [-0.1, -0.05) is 279 Å². The van der Waals surface area contributed by atoms with Gasteiger partial charge in [0.2, 0.25) is 0 Å². The Morgan fingerprint density at radius 1 is 0.152 bits per heavy atom. The Labute approximate surface area is 611 Å². The summed E-state index contributed by atoms with van der Waals surface area (Å²) in [7, 11) is 4.26. The topological polar surface area (TPSA) is 24.6 Å². The molecule has 0 amide bonds. The van der Waals surface area contributed by atoms with E-state index in [1.807, 2.05) is 0 Å². The molecule has 5 aromatic heterocycles. The fourth-order valence-corrected chi connectivity index (χ4v) is 15.5. The van der Waals surface area contributed by atoms with E-state index in [2.05, 4.69) is 445 Å². The highest BCUT2D eigenvalue weighted by Crippen LogP contribution is 2.39. The molecule has 0 aliphatic carbocycles. The molecule has 0 N–H and O–H groups in total. The summed E-state index contributed by atoms with van der Waals surface area (Å²) in [5.41, 5.74) is 26.4. The van der Waals surface area contributed by atoms with Gasteiger partial charge in [0.15, 0.2) is 0 Å². The first-order valence-corrected chi connectivity index (χ1v) is 36.1. The van der Waals surface area contributed by atoms with Gasteiger partial charge in [-0.15, -0.1) is 0 Å². The van der Waals surface area contributed by atoms with Crippen molar-refractivity contribution in [3.05, 3.63) is 405 Å². The highest BCUT2D eigenvalue weighted by atomic mass is 15.0. The van der Waals surface area contributed by atoms with Gasteiger partial charge < -0.3 is 22.8 Å². The second-order valence-corrected chi connectivity index (χ2v) is 27.1. The zero-order valence-electron chi connectivity index (χ0n) is 59.3. The fourth-order valence-electron chi connectivity index (χ4n) is 15.5. The summed E-state index contributed by atoms with van der Waals surface area (Å²) in [6.07, 6.45) is 0. The van der Waals surface area contributed by atoms with Crippen molar-refractivity contribution in [3.63, 3.8) is 0 Å². The highest BCUT2D eigenvalue weighted by Gasteiger charge is 2.17. The molecule has 0 saturated carbocycles. The summed E-state index contributed by atoms with van der Waals surface area (Å²) in [6.45, 7) is 4.29. The van der Waals surface area contributed by atoms with Crippen molar-refractivity contribution >= 4 is 109 Å². The molecule has 5 nitrogen and oxygen atoms in total. The highest BCUT2D eigenvalue weighted by molar-refractivity contribution is 6.14. The standard InChI is InChI=1S/C25H19N.C24H17N.2C19H15N.C13H11N/c1-26-24-14-12-20(18-8-4-2-5-9-18)16-22(24)23-17-21(13-15-25(23)26)19-10-6-3-7-11-19;1-3-9-18(10-4-1)19-15-16-24-22(17-19)21-13-7-8-14-23(21)25(24)20-11-5-2-6-12-20;1-14-11-12-19-17(13-14)16-9-5-6-10-18(16)20(19)15-7-3-2-4-8-15;1-14-11-12-17-16-9-5-6-10-18(16)20(19(17)13-14)15-7-3-2-4-8-15;1-14-12-8-4-2-6-10(12)11-7-3-5-9-13(11)14/h2-17H,1H3;1-17H;2*2-13H,1H3;2-9H,1H3. The molecule has 502 valence electrons. The second kappa shape index (κ2) is 28.5. The van der Waals surface area contributed by atoms with Gasteiger partial charge in [-0.2, -0.15) is 0 Å². The average molecular weight is 1350 g/mol. The molecular weight excluding hydrogens is 1270 g/mol. The van der Waals surface area contributed by atoms with Crippen LogP contribution in [-0.2, 0) is 14.1 Å². The minimum absolute atomic E-state index is 1.20. The van der Waals surface area contributed by atoms with E-state index in [9.17, 15) is 0 Å². The van der Waals surface area contributed by atoms with Crippen molar-refractivity contribution in [1.29, 1.82) is 0 Å². The first-order valence-electron chi connectivity index (χ1n) is 36.1. The molecule has 21 aromatic rings. The summed E-state index contributed by atoms with van der Waals surface area (Å²) >= 11 is 0. The second-order valence-electron chi connectivity index (χ2n) is 27.1. The molecule has 16 aromatic carbocycles. The lowest BCUT2D eigenvalue weighted by Gasteiger charge is -2.08. The molecule has 0 fully saturated rings. The third-order valence-electron chi connectivity index (χ3n) is 20.5. The number of hydrogen-bond acceptors (Lipinski definition) is 0. The molecule has 0 radical (unpaired) electrons. The Kier molecular flexibility index (Phi) is 17.6. The maximum atomic E-state index is 2.35. The van der Waals surface area contributed by atoms with Gasteiger partial charge in [0, 0.05) is 107 Å². The molecule has 5 heterocycles. The van der Waals surface area contributed by atoms with Crippen LogP contribution in [-0.4, -0.2) is 22.8 Å². The van der Waals surface area contributed by atoms with E-state index in [0.29, 0.717) is 0 Å². The number of hydrogen-bond donors (Lipinski definition) is 0. The summed E-state index contributed by atoms with van der Waals surface area (Å²) in [6, 6.07) is 140. The van der Waals surface area contributed by atoms with Crippen molar-refractivity contribution in [2.75, 3.05) is 0 Å². The van der Waals surface area contributed by atoms with E-state index in [1.54, 1.807) is 0 Å². The molecule has 105 heavy (non-hydrogen) atoms. The summed E-state index contributed by atoms with van der Waals surface area (Å²) in [4.78, 5) is 0. The largest absolute Gasteiger partial charge is 0.344 e. The molecule has 0 bridgehead atoms. The van der Waals surface area contributed by atoms with Crippen LogP contribution in [0.25, 0.3) is 159 Å². The monoisotopic (exact) mass is 1350 g/mol.